The maximum atomic E-state index is 9.98. The SMILES string of the molecule is [CH2]C(O)COCCCC(=O)O. The molecular weight excluding hydrogens is 148 g/mol. The Kier molecular flexibility index (Phi) is 5.78. The molecule has 0 aliphatic rings. The molecule has 0 aliphatic heterocycles. The third-order valence-electron chi connectivity index (χ3n) is 0.990. The summed E-state index contributed by atoms with van der Waals surface area (Å²) in [6.07, 6.45) is -0.144. The van der Waals surface area contributed by atoms with Gasteiger partial charge in [0.2, 0.25) is 0 Å². The van der Waals surface area contributed by atoms with Crippen molar-refractivity contribution in [2.75, 3.05) is 13.2 Å². The fourth-order valence-electron chi connectivity index (χ4n) is 0.545. The average Bonchev–Trinajstić information content (AvgIpc) is 1.85. The van der Waals surface area contributed by atoms with Crippen LogP contribution >= 0.6 is 0 Å². The van der Waals surface area contributed by atoms with Gasteiger partial charge < -0.3 is 14.9 Å². The van der Waals surface area contributed by atoms with E-state index in [0.29, 0.717) is 13.0 Å². The number of carboxylic acid groups (broad SMARTS) is 1. The Balaban J connectivity index is 2.97. The molecule has 65 valence electrons. The number of aliphatic hydroxyl groups is 1. The van der Waals surface area contributed by atoms with Gasteiger partial charge in [-0.05, 0) is 13.3 Å². The Hall–Kier alpha value is -0.610. The maximum absolute atomic E-state index is 9.98. The van der Waals surface area contributed by atoms with Gasteiger partial charge in [0.05, 0.1) is 12.7 Å². The predicted molar refractivity (Wildman–Crippen MR) is 39.1 cm³/mol. The lowest BCUT2D eigenvalue weighted by atomic mass is 10.3. The van der Waals surface area contributed by atoms with Gasteiger partial charge in [0, 0.05) is 13.0 Å². The van der Waals surface area contributed by atoms with Crippen molar-refractivity contribution in [2.24, 2.45) is 0 Å². The van der Waals surface area contributed by atoms with E-state index in [2.05, 4.69) is 6.92 Å². The number of aliphatic hydroxyl groups excluding tert-OH is 1. The van der Waals surface area contributed by atoms with E-state index in [9.17, 15) is 4.79 Å². The van der Waals surface area contributed by atoms with Gasteiger partial charge in [-0.1, -0.05) is 0 Å². The van der Waals surface area contributed by atoms with Crippen LogP contribution in [0.1, 0.15) is 12.8 Å². The van der Waals surface area contributed by atoms with Gasteiger partial charge in [-0.3, -0.25) is 4.79 Å². The van der Waals surface area contributed by atoms with Gasteiger partial charge in [0.25, 0.3) is 0 Å². The van der Waals surface area contributed by atoms with Crippen LogP contribution in [0, 0.1) is 6.92 Å². The van der Waals surface area contributed by atoms with Crippen LogP contribution in [-0.2, 0) is 9.53 Å². The summed E-state index contributed by atoms with van der Waals surface area (Å²) in [7, 11) is 0. The molecule has 0 rings (SSSR count). The van der Waals surface area contributed by atoms with Gasteiger partial charge in [-0.2, -0.15) is 0 Å². The van der Waals surface area contributed by atoms with E-state index < -0.39 is 12.1 Å². The minimum Gasteiger partial charge on any atom is -0.481 e. The summed E-state index contributed by atoms with van der Waals surface area (Å²) in [5.41, 5.74) is 0. The lowest BCUT2D eigenvalue weighted by Gasteiger charge is -2.04. The van der Waals surface area contributed by atoms with Gasteiger partial charge in [0.1, 0.15) is 0 Å². The molecule has 0 aromatic rings. The molecule has 1 atom stereocenters. The Bertz CT molecular complexity index is 111. The monoisotopic (exact) mass is 161 g/mol. The second kappa shape index (κ2) is 6.12. The topological polar surface area (TPSA) is 66.8 Å². The molecule has 11 heavy (non-hydrogen) atoms. The molecule has 1 radical (unpaired) electrons. The number of carbonyl (C=O) groups is 1. The standard InChI is InChI=1S/C7H13O4/c1-6(8)5-11-4-2-3-7(9)10/h6,8H,1-5H2,(H,9,10). The quantitative estimate of drug-likeness (QED) is 0.541. The Morgan fingerprint density at radius 1 is 1.64 bits per heavy atom. The molecule has 0 aliphatic carbocycles. The van der Waals surface area contributed by atoms with Crippen molar-refractivity contribution >= 4 is 5.97 Å². The molecule has 4 nitrogen and oxygen atoms in total. The molecule has 0 saturated carbocycles. The third-order valence-corrected chi connectivity index (χ3v) is 0.990. The maximum Gasteiger partial charge on any atom is 0.303 e. The number of ether oxygens (including phenoxy) is 1. The molecule has 2 N–H and O–H groups in total. The van der Waals surface area contributed by atoms with Crippen molar-refractivity contribution in [3.8, 4) is 0 Å². The zero-order chi connectivity index (χ0) is 8.69. The van der Waals surface area contributed by atoms with E-state index in [1.54, 1.807) is 0 Å². The Morgan fingerprint density at radius 2 is 2.27 bits per heavy atom. The molecule has 0 fully saturated rings. The smallest absolute Gasteiger partial charge is 0.303 e. The van der Waals surface area contributed by atoms with Gasteiger partial charge in [-0.15, -0.1) is 0 Å². The minimum absolute atomic E-state index is 0.104. The zero-order valence-electron chi connectivity index (χ0n) is 6.32. The highest BCUT2D eigenvalue weighted by atomic mass is 16.5. The van der Waals surface area contributed by atoms with Gasteiger partial charge >= 0.3 is 5.97 Å². The van der Waals surface area contributed by atoms with E-state index in [0.717, 1.165) is 0 Å². The van der Waals surface area contributed by atoms with Crippen molar-refractivity contribution in [3.63, 3.8) is 0 Å². The summed E-state index contributed by atoms with van der Waals surface area (Å²) in [6.45, 7) is 3.81. The van der Waals surface area contributed by atoms with Crippen molar-refractivity contribution < 1.29 is 19.7 Å². The first kappa shape index (κ1) is 10.4. The number of rotatable bonds is 6. The summed E-state index contributed by atoms with van der Waals surface area (Å²) < 4.78 is 4.87. The van der Waals surface area contributed by atoms with Crippen molar-refractivity contribution in [2.45, 2.75) is 18.9 Å². The second-order valence-electron chi connectivity index (χ2n) is 2.23. The van der Waals surface area contributed by atoms with Crippen LogP contribution in [0.5, 0.6) is 0 Å². The highest BCUT2D eigenvalue weighted by Gasteiger charge is 1.97. The lowest BCUT2D eigenvalue weighted by molar-refractivity contribution is -0.137. The Morgan fingerprint density at radius 3 is 2.73 bits per heavy atom. The first-order valence-corrected chi connectivity index (χ1v) is 3.43. The fourth-order valence-corrected chi connectivity index (χ4v) is 0.545. The van der Waals surface area contributed by atoms with Crippen molar-refractivity contribution in [3.05, 3.63) is 6.92 Å². The molecule has 4 heteroatoms. The van der Waals surface area contributed by atoms with Crippen LogP contribution in [0.4, 0.5) is 0 Å². The lowest BCUT2D eigenvalue weighted by Crippen LogP contribution is -2.11. The number of hydrogen-bond acceptors (Lipinski definition) is 3. The van der Waals surface area contributed by atoms with E-state index in [1.807, 2.05) is 0 Å². The molecule has 0 amide bonds. The van der Waals surface area contributed by atoms with E-state index >= 15 is 0 Å². The van der Waals surface area contributed by atoms with Crippen LogP contribution < -0.4 is 0 Å². The van der Waals surface area contributed by atoms with Crippen LogP contribution in [0.2, 0.25) is 0 Å². The Labute approximate surface area is 65.8 Å². The zero-order valence-corrected chi connectivity index (χ0v) is 6.32. The first-order chi connectivity index (χ1) is 5.13. The summed E-state index contributed by atoms with van der Waals surface area (Å²) in [5.74, 6) is -0.830. The highest BCUT2D eigenvalue weighted by Crippen LogP contribution is 1.90. The van der Waals surface area contributed by atoms with Crippen molar-refractivity contribution in [1.82, 2.24) is 0 Å². The first-order valence-electron chi connectivity index (χ1n) is 3.43. The predicted octanol–water partition coefficient (Wildman–Crippen LogP) is 0.0628. The molecule has 1 unspecified atom stereocenters. The largest absolute Gasteiger partial charge is 0.481 e. The molecule has 0 bridgehead atoms. The van der Waals surface area contributed by atoms with E-state index in [4.69, 9.17) is 14.9 Å². The van der Waals surface area contributed by atoms with Crippen LogP contribution in [0.3, 0.4) is 0 Å². The van der Waals surface area contributed by atoms with Crippen LogP contribution in [0.25, 0.3) is 0 Å². The third kappa shape index (κ3) is 9.39. The molecule has 0 aromatic carbocycles. The van der Waals surface area contributed by atoms with Crippen LogP contribution in [0.15, 0.2) is 0 Å². The van der Waals surface area contributed by atoms with Crippen LogP contribution in [-0.4, -0.2) is 35.5 Å². The highest BCUT2D eigenvalue weighted by molar-refractivity contribution is 5.66. The van der Waals surface area contributed by atoms with Gasteiger partial charge in [-0.25, -0.2) is 0 Å². The summed E-state index contributed by atoms with van der Waals surface area (Å²) >= 11 is 0. The van der Waals surface area contributed by atoms with Crippen molar-refractivity contribution in [1.29, 1.82) is 0 Å². The summed E-state index contributed by atoms with van der Waals surface area (Å²) in [5, 5.41) is 16.8. The average molecular weight is 161 g/mol. The number of aliphatic carboxylic acids is 1. The minimum atomic E-state index is -0.830. The number of hydrogen-bond donors (Lipinski definition) is 2. The van der Waals surface area contributed by atoms with E-state index in [1.165, 1.54) is 0 Å². The molecular formula is C7H13O4. The number of carboxylic acids is 1. The fraction of sp³-hybridized carbons (Fsp3) is 0.714. The molecule has 0 heterocycles. The summed E-state index contributed by atoms with van der Waals surface area (Å²) in [6, 6.07) is 0. The normalized spacial score (nSPS) is 12.9. The second-order valence-corrected chi connectivity index (χ2v) is 2.23. The molecule has 0 spiro atoms. The van der Waals surface area contributed by atoms with Gasteiger partial charge in [0.15, 0.2) is 0 Å². The van der Waals surface area contributed by atoms with E-state index in [-0.39, 0.29) is 13.0 Å². The molecule has 0 aromatic heterocycles. The molecule has 0 saturated heterocycles. The summed E-state index contributed by atoms with van der Waals surface area (Å²) in [4.78, 5) is 9.98.